The Hall–Kier alpha value is -1.30. The van der Waals surface area contributed by atoms with Gasteiger partial charge in [-0.2, -0.15) is 0 Å². The van der Waals surface area contributed by atoms with Crippen LogP contribution >= 0.6 is 0 Å². The van der Waals surface area contributed by atoms with Crippen molar-refractivity contribution in [3.05, 3.63) is 0 Å². The number of hydrogen-bond acceptors (Lipinski definition) is 2. The van der Waals surface area contributed by atoms with Crippen LogP contribution in [0.2, 0.25) is 0 Å². The lowest BCUT2D eigenvalue weighted by atomic mass is 10.3. The number of rotatable bonds is 0. The molecule has 1 rings (SSSR count). The molecule has 0 bridgehead atoms. The molecule has 1 N–H and O–H groups in total. The van der Waals surface area contributed by atoms with E-state index in [2.05, 4.69) is 17.2 Å². The van der Waals surface area contributed by atoms with Gasteiger partial charge >= 0.3 is 0 Å². The van der Waals surface area contributed by atoms with Crippen molar-refractivity contribution in [2.45, 2.75) is 0 Å². The highest BCUT2D eigenvalue weighted by Gasteiger charge is 2.04. The van der Waals surface area contributed by atoms with E-state index in [4.69, 9.17) is 0 Å². The van der Waals surface area contributed by atoms with Crippen molar-refractivity contribution in [2.24, 2.45) is 0 Å². The molecule has 0 aromatic carbocycles. The Morgan fingerprint density at radius 3 is 2.50 bits per heavy atom. The average Bonchev–Trinajstić information content (AvgIpc) is 1.77. The summed E-state index contributed by atoms with van der Waals surface area (Å²) in [7, 11) is 0. The van der Waals surface area contributed by atoms with Crippen LogP contribution in [-0.2, 0) is 9.59 Å². The fourth-order valence-electron chi connectivity index (χ4n) is 0.375. The minimum absolute atomic E-state index is 0.0613. The van der Waals surface area contributed by atoms with Crippen molar-refractivity contribution in [3.63, 3.8) is 0 Å². The molecule has 1 aliphatic heterocycles. The minimum atomic E-state index is -0.371. The fourth-order valence-corrected chi connectivity index (χ4v) is 0.375. The number of carbonyl (C=O) groups excluding carboxylic acids is 2. The normalized spacial score (nSPS) is 16.5. The van der Waals surface area contributed by atoms with Gasteiger partial charge in [0, 0.05) is 5.92 Å². The van der Waals surface area contributed by atoms with Gasteiger partial charge in [0.25, 0.3) is 5.91 Å². The number of nitrogens with one attached hydrogen (secondary N) is 1. The highest BCUT2D eigenvalue weighted by atomic mass is 16.2. The molecular formula is C5H3NO2. The van der Waals surface area contributed by atoms with Gasteiger partial charge in [0.15, 0.2) is 0 Å². The Bertz CT molecular complexity index is 176. The summed E-state index contributed by atoms with van der Waals surface area (Å²) in [6.45, 7) is 0.0613. The average molecular weight is 109 g/mol. The molecule has 0 fully saturated rings. The number of amides is 1. The maximum atomic E-state index is 10.2. The van der Waals surface area contributed by atoms with Crippen molar-refractivity contribution in [1.82, 2.24) is 5.32 Å². The van der Waals surface area contributed by atoms with Crippen LogP contribution in [0, 0.1) is 11.8 Å². The zero-order valence-electron chi connectivity index (χ0n) is 4.02. The Morgan fingerprint density at radius 2 is 2.12 bits per heavy atom. The third-order valence-electron chi connectivity index (χ3n) is 0.725. The molecule has 0 saturated heterocycles. The second kappa shape index (κ2) is 1.66. The van der Waals surface area contributed by atoms with Crippen molar-refractivity contribution >= 4 is 11.7 Å². The maximum Gasteiger partial charge on any atom is 0.296 e. The van der Waals surface area contributed by atoms with Crippen LogP contribution < -0.4 is 5.32 Å². The first-order chi connectivity index (χ1) is 3.79. The van der Waals surface area contributed by atoms with Gasteiger partial charge in [-0.05, 0) is 5.92 Å². The van der Waals surface area contributed by atoms with Crippen molar-refractivity contribution in [2.75, 3.05) is 6.54 Å². The zero-order valence-corrected chi connectivity index (χ0v) is 4.02. The molecule has 0 aromatic heterocycles. The van der Waals surface area contributed by atoms with Gasteiger partial charge in [-0.15, -0.1) is 0 Å². The van der Waals surface area contributed by atoms with Gasteiger partial charge in [0.05, 0.1) is 6.54 Å². The van der Waals surface area contributed by atoms with Crippen molar-refractivity contribution < 1.29 is 9.59 Å². The molecule has 0 saturated carbocycles. The van der Waals surface area contributed by atoms with E-state index in [1.54, 1.807) is 0 Å². The summed E-state index contributed by atoms with van der Waals surface area (Å²) in [5.41, 5.74) is 0. The Labute approximate surface area is 46.1 Å². The summed E-state index contributed by atoms with van der Waals surface area (Å²) < 4.78 is 0. The number of Topliss-reactive ketones (excluding diaryl/α,β-unsaturated/α-hetero) is 1. The second-order valence-corrected chi connectivity index (χ2v) is 1.36. The van der Waals surface area contributed by atoms with Crippen LogP contribution in [-0.4, -0.2) is 18.2 Å². The van der Waals surface area contributed by atoms with Crippen LogP contribution in [0.3, 0.4) is 0 Å². The monoisotopic (exact) mass is 109 g/mol. The largest absolute Gasteiger partial charge is 0.337 e. The Kier molecular flexibility index (Phi) is 1.01. The number of ketones is 1. The zero-order chi connectivity index (χ0) is 5.98. The van der Waals surface area contributed by atoms with Crippen LogP contribution in [0.25, 0.3) is 0 Å². The lowest BCUT2D eigenvalue weighted by molar-refractivity contribution is -0.120. The molecule has 1 aliphatic rings. The summed E-state index contributed by atoms with van der Waals surface area (Å²) in [5, 5.41) is 2.27. The quantitative estimate of drug-likeness (QED) is 0.310. The molecule has 0 atom stereocenters. The standard InChI is InChI=1S/C5H3NO2/c7-4-1-2-5(8)6-3-4/h3H2,(H,6,8). The minimum Gasteiger partial charge on any atom is -0.337 e. The van der Waals surface area contributed by atoms with E-state index in [0.717, 1.165) is 0 Å². The van der Waals surface area contributed by atoms with Gasteiger partial charge in [-0.1, -0.05) is 0 Å². The van der Waals surface area contributed by atoms with Gasteiger partial charge in [-0.3, -0.25) is 9.59 Å². The van der Waals surface area contributed by atoms with Gasteiger partial charge in [0.1, 0.15) is 0 Å². The van der Waals surface area contributed by atoms with Crippen molar-refractivity contribution in [1.29, 1.82) is 0 Å². The maximum absolute atomic E-state index is 10.2. The molecule has 0 aliphatic carbocycles. The van der Waals surface area contributed by atoms with Crippen LogP contribution in [0.4, 0.5) is 0 Å². The Morgan fingerprint density at radius 1 is 1.38 bits per heavy atom. The van der Waals surface area contributed by atoms with Crippen molar-refractivity contribution in [3.8, 4) is 11.8 Å². The summed E-state index contributed by atoms with van der Waals surface area (Å²) in [6.07, 6.45) is 0. The van der Waals surface area contributed by atoms with E-state index in [9.17, 15) is 9.59 Å². The first-order valence-electron chi connectivity index (χ1n) is 2.12. The van der Waals surface area contributed by atoms with E-state index < -0.39 is 0 Å². The Balaban J connectivity index is 2.79. The first kappa shape index (κ1) is 4.85. The van der Waals surface area contributed by atoms with Gasteiger partial charge in [-0.25, -0.2) is 0 Å². The first-order valence-corrected chi connectivity index (χ1v) is 2.12. The smallest absolute Gasteiger partial charge is 0.296 e. The highest BCUT2D eigenvalue weighted by Crippen LogP contribution is 1.73. The predicted octanol–water partition coefficient (Wildman–Crippen LogP) is -1.31. The molecule has 40 valence electrons. The van der Waals surface area contributed by atoms with E-state index >= 15 is 0 Å². The molecular weight excluding hydrogens is 106 g/mol. The summed E-state index contributed by atoms with van der Waals surface area (Å²) in [4.78, 5) is 20.4. The van der Waals surface area contributed by atoms with E-state index in [0.29, 0.717) is 0 Å². The summed E-state index contributed by atoms with van der Waals surface area (Å²) in [5.74, 6) is 3.61. The summed E-state index contributed by atoms with van der Waals surface area (Å²) >= 11 is 0. The lowest BCUT2D eigenvalue weighted by Crippen LogP contribution is -2.31. The molecule has 1 heterocycles. The molecule has 0 unspecified atom stereocenters. The molecule has 8 heavy (non-hydrogen) atoms. The number of hydrogen-bond donors (Lipinski definition) is 1. The summed E-state index contributed by atoms with van der Waals surface area (Å²) in [6, 6.07) is 0. The molecule has 3 nitrogen and oxygen atoms in total. The van der Waals surface area contributed by atoms with Crippen LogP contribution in [0.15, 0.2) is 0 Å². The van der Waals surface area contributed by atoms with E-state index in [1.165, 1.54) is 0 Å². The predicted molar refractivity (Wildman–Crippen MR) is 25.8 cm³/mol. The number of carbonyl (C=O) groups is 2. The molecule has 1 amide bonds. The SMILES string of the molecule is O=C1C#CC(=O)NC1. The molecule has 0 spiro atoms. The third-order valence-corrected chi connectivity index (χ3v) is 0.725. The second-order valence-electron chi connectivity index (χ2n) is 1.36. The van der Waals surface area contributed by atoms with E-state index in [-0.39, 0.29) is 18.2 Å². The lowest BCUT2D eigenvalue weighted by Gasteiger charge is -1.97. The van der Waals surface area contributed by atoms with Crippen LogP contribution in [0.1, 0.15) is 0 Å². The van der Waals surface area contributed by atoms with Gasteiger partial charge in [0.2, 0.25) is 5.78 Å². The van der Waals surface area contributed by atoms with Gasteiger partial charge < -0.3 is 5.32 Å². The van der Waals surface area contributed by atoms with E-state index in [1.807, 2.05) is 0 Å². The fraction of sp³-hybridized carbons (Fsp3) is 0.200. The molecule has 3 heteroatoms. The highest BCUT2D eigenvalue weighted by molar-refractivity contribution is 6.09. The topological polar surface area (TPSA) is 46.2 Å². The molecule has 0 aromatic rings. The third kappa shape index (κ3) is 0.850. The van der Waals surface area contributed by atoms with Crippen LogP contribution in [0.5, 0.6) is 0 Å². The molecule has 0 radical (unpaired) electrons.